The normalized spacial score (nSPS) is 30.2. The lowest BCUT2D eigenvalue weighted by Gasteiger charge is -2.18. The predicted molar refractivity (Wildman–Crippen MR) is 38.2 cm³/mol. The molecule has 1 unspecified atom stereocenters. The number of hydrogen-bond donors (Lipinski definition) is 1. The minimum atomic E-state index is -0.151. The van der Waals surface area contributed by atoms with E-state index in [1.165, 1.54) is 12.8 Å². The summed E-state index contributed by atoms with van der Waals surface area (Å²) in [5.74, 6) is 0.429. The van der Waals surface area contributed by atoms with Crippen LogP contribution in [0.15, 0.2) is 12.2 Å². The first kappa shape index (κ1) is 6.81. The first-order valence-corrected chi connectivity index (χ1v) is 3.65. The molecule has 0 bridgehead atoms. The van der Waals surface area contributed by atoms with Crippen molar-refractivity contribution < 1.29 is 5.11 Å². The molecule has 0 aromatic carbocycles. The van der Waals surface area contributed by atoms with Gasteiger partial charge < -0.3 is 5.11 Å². The van der Waals surface area contributed by atoms with Gasteiger partial charge in [-0.15, -0.1) is 0 Å². The first-order chi connectivity index (χ1) is 4.30. The van der Waals surface area contributed by atoms with E-state index in [0.29, 0.717) is 5.92 Å². The maximum atomic E-state index is 9.13. The molecule has 1 aliphatic carbocycles. The highest BCUT2D eigenvalue weighted by molar-refractivity contribution is 4.94. The van der Waals surface area contributed by atoms with Crippen molar-refractivity contribution in [2.24, 2.45) is 5.92 Å². The molecule has 0 aromatic heterocycles. The second-order valence-electron chi connectivity index (χ2n) is 2.76. The molecule has 2 atom stereocenters. The highest BCUT2D eigenvalue weighted by Crippen LogP contribution is 2.19. The molecule has 52 valence electrons. The van der Waals surface area contributed by atoms with E-state index < -0.39 is 0 Å². The van der Waals surface area contributed by atoms with Gasteiger partial charge in [0.05, 0.1) is 6.10 Å². The summed E-state index contributed by atoms with van der Waals surface area (Å²) in [6.45, 7) is 1.86. The number of aliphatic hydroxyl groups is 1. The van der Waals surface area contributed by atoms with Crippen molar-refractivity contribution in [3.63, 3.8) is 0 Å². The lowest BCUT2D eigenvalue weighted by Crippen LogP contribution is -2.15. The van der Waals surface area contributed by atoms with Gasteiger partial charge in [-0.2, -0.15) is 0 Å². The summed E-state index contributed by atoms with van der Waals surface area (Å²) in [4.78, 5) is 0. The Bertz CT molecular complexity index is 105. The molecule has 1 nitrogen and oxygen atoms in total. The Labute approximate surface area is 56.4 Å². The van der Waals surface area contributed by atoms with Crippen molar-refractivity contribution >= 4 is 0 Å². The molecule has 0 spiro atoms. The van der Waals surface area contributed by atoms with E-state index >= 15 is 0 Å². The van der Waals surface area contributed by atoms with Gasteiger partial charge in [0.1, 0.15) is 0 Å². The lowest BCUT2D eigenvalue weighted by molar-refractivity contribution is 0.141. The molecule has 0 saturated carbocycles. The standard InChI is InChI=1S/C8H14O/c1-7(9)8-5-3-2-4-6-8/h3,5,7-9H,2,4,6H2,1H3/t7-,8?/m0/s1. The van der Waals surface area contributed by atoms with Crippen LogP contribution in [0.4, 0.5) is 0 Å². The molecule has 1 N–H and O–H groups in total. The Morgan fingerprint density at radius 3 is 2.78 bits per heavy atom. The minimum absolute atomic E-state index is 0.151. The number of hydrogen-bond acceptors (Lipinski definition) is 1. The maximum Gasteiger partial charge on any atom is 0.0574 e. The first-order valence-electron chi connectivity index (χ1n) is 3.65. The van der Waals surface area contributed by atoms with Crippen LogP contribution in [0.1, 0.15) is 26.2 Å². The Balaban J connectivity index is 2.40. The van der Waals surface area contributed by atoms with E-state index in [9.17, 15) is 0 Å². The smallest absolute Gasteiger partial charge is 0.0574 e. The molecule has 0 amide bonds. The van der Waals surface area contributed by atoms with E-state index in [4.69, 9.17) is 5.11 Å². The molecular formula is C8H14O. The van der Waals surface area contributed by atoms with Gasteiger partial charge in [0.2, 0.25) is 0 Å². The van der Waals surface area contributed by atoms with Crippen LogP contribution in [0, 0.1) is 5.92 Å². The van der Waals surface area contributed by atoms with Crippen molar-refractivity contribution in [1.29, 1.82) is 0 Å². The number of allylic oxidation sites excluding steroid dienone is 1. The summed E-state index contributed by atoms with van der Waals surface area (Å²) < 4.78 is 0. The van der Waals surface area contributed by atoms with E-state index in [1.807, 2.05) is 6.92 Å². The summed E-state index contributed by atoms with van der Waals surface area (Å²) in [7, 11) is 0. The molecule has 9 heavy (non-hydrogen) atoms. The average Bonchev–Trinajstić information content (AvgIpc) is 1.90. The van der Waals surface area contributed by atoms with Crippen LogP contribution in [-0.2, 0) is 0 Å². The van der Waals surface area contributed by atoms with Crippen LogP contribution >= 0.6 is 0 Å². The Kier molecular flexibility index (Phi) is 2.29. The Hall–Kier alpha value is -0.300. The van der Waals surface area contributed by atoms with Crippen molar-refractivity contribution in [3.05, 3.63) is 12.2 Å². The van der Waals surface area contributed by atoms with Crippen LogP contribution in [0.5, 0.6) is 0 Å². The van der Waals surface area contributed by atoms with Crippen molar-refractivity contribution in [1.82, 2.24) is 0 Å². The van der Waals surface area contributed by atoms with Crippen LogP contribution in [-0.4, -0.2) is 11.2 Å². The van der Waals surface area contributed by atoms with Crippen LogP contribution in [0.2, 0.25) is 0 Å². The Morgan fingerprint density at radius 2 is 2.44 bits per heavy atom. The quantitative estimate of drug-likeness (QED) is 0.530. The Morgan fingerprint density at radius 1 is 1.67 bits per heavy atom. The van der Waals surface area contributed by atoms with Crippen molar-refractivity contribution in [3.8, 4) is 0 Å². The third kappa shape index (κ3) is 1.83. The molecule has 0 fully saturated rings. The van der Waals surface area contributed by atoms with E-state index in [1.54, 1.807) is 0 Å². The number of aliphatic hydroxyl groups excluding tert-OH is 1. The van der Waals surface area contributed by atoms with E-state index in [-0.39, 0.29) is 6.10 Å². The predicted octanol–water partition coefficient (Wildman–Crippen LogP) is 1.72. The van der Waals surface area contributed by atoms with Crippen LogP contribution in [0.25, 0.3) is 0 Å². The third-order valence-electron chi connectivity index (χ3n) is 1.91. The van der Waals surface area contributed by atoms with E-state index in [0.717, 1.165) is 6.42 Å². The van der Waals surface area contributed by atoms with Gasteiger partial charge >= 0.3 is 0 Å². The number of rotatable bonds is 1. The second-order valence-corrected chi connectivity index (χ2v) is 2.76. The van der Waals surface area contributed by atoms with Gasteiger partial charge in [-0.05, 0) is 26.2 Å². The molecule has 1 rings (SSSR count). The SMILES string of the molecule is C[C@H](O)C1C=CCCC1. The molecule has 0 aliphatic heterocycles. The van der Waals surface area contributed by atoms with Gasteiger partial charge in [0.25, 0.3) is 0 Å². The molecule has 1 heteroatoms. The summed E-state index contributed by atoms with van der Waals surface area (Å²) in [6, 6.07) is 0. The summed E-state index contributed by atoms with van der Waals surface area (Å²) >= 11 is 0. The molecule has 0 aromatic rings. The molecule has 0 saturated heterocycles. The monoisotopic (exact) mass is 126 g/mol. The topological polar surface area (TPSA) is 20.2 Å². The van der Waals surface area contributed by atoms with Crippen molar-refractivity contribution in [2.45, 2.75) is 32.3 Å². The van der Waals surface area contributed by atoms with Crippen LogP contribution < -0.4 is 0 Å². The summed E-state index contributed by atoms with van der Waals surface area (Å²) in [5, 5.41) is 9.13. The zero-order valence-corrected chi connectivity index (χ0v) is 5.88. The summed E-state index contributed by atoms with van der Waals surface area (Å²) in [5.41, 5.74) is 0. The maximum absolute atomic E-state index is 9.13. The van der Waals surface area contributed by atoms with Crippen LogP contribution in [0.3, 0.4) is 0 Å². The van der Waals surface area contributed by atoms with Gasteiger partial charge in [-0.3, -0.25) is 0 Å². The van der Waals surface area contributed by atoms with Gasteiger partial charge in [-0.1, -0.05) is 12.2 Å². The minimum Gasteiger partial charge on any atom is -0.393 e. The summed E-state index contributed by atoms with van der Waals surface area (Å²) in [6.07, 6.45) is 7.75. The van der Waals surface area contributed by atoms with Crippen molar-refractivity contribution in [2.75, 3.05) is 0 Å². The largest absolute Gasteiger partial charge is 0.393 e. The third-order valence-corrected chi connectivity index (χ3v) is 1.91. The highest BCUT2D eigenvalue weighted by Gasteiger charge is 2.12. The van der Waals surface area contributed by atoms with Gasteiger partial charge in [0.15, 0.2) is 0 Å². The highest BCUT2D eigenvalue weighted by atomic mass is 16.3. The van der Waals surface area contributed by atoms with E-state index in [2.05, 4.69) is 12.2 Å². The second kappa shape index (κ2) is 3.02. The molecular weight excluding hydrogens is 112 g/mol. The fraction of sp³-hybridized carbons (Fsp3) is 0.750. The fourth-order valence-corrected chi connectivity index (χ4v) is 1.24. The molecule has 0 heterocycles. The fourth-order valence-electron chi connectivity index (χ4n) is 1.24. The average molecular weight is 126 g/mol. The zero-order valence-electron chi connectivity index (χ0n) is 5.88. The zero-order chi connectivity index (χ0) is 6.69. The van der Waals surface area contributed by atoms with Gasteiger partial charge in [-0.25, -0.2) is 0 Å². The molecule has 1 aliphatic rings. The van der Waals surface area contributed by atoms with Gasteiger partial charge in [0, 0.05) is 5.92 Å². The molecule has 0 radical (unpaired) electrons. The lowest BCUT2D eigenvalue weighted by atomic mass is 9.92.